The maximum atomic E-state index is 4.53. The number of pyridine rings is 2. The highest BCUT2D eigenvalue weighted by molar-refractivity contribution is 7.18. The van der Waals surface area contributed by atoms with Gasteiger partial charge in [-0.2, -0.15) is 0 Å². The van der Waals surface area contributed by atoms with Crippen molar-refractivity contribution in [1.82, 2.24) is 20.2 Å². The molecule has 1 aliphatic heterocycles. The number of hydrogen-bond donors (Lipinski definition) is 1. The molecule has 4 rings (SSSR count). The minimum absolute atomic E-state index is 0.709. The summed E-state index contributed by atoms with van der Waals surface area (Å²) in [7, 11) is 0. The van der Waals surface area contributed by atoms with Crippen LogP contribution in [0.5, 0.6) is 0 Å². The standard InChI is InChI=1S/C18H20N6S/c1-4-10-24(11-5-1)16-12-14(7-9-20-16)13-21-18-23-22-17(25-18)15-6-2-3-8-19-15/h2-3,6-9,12H,1,4-5,10-11,13H2,(H,21,23). The second-order valence-corrected chi connectivity index (χ2v) is 7.03. The summed E-state index contributed by atoms with van der Waals surface area (Å²) in [5.74, 6) is 1.07. The number of nitrogens with zero attached hydrogens (tertiary/aromatic N) is 5. The zero-order chi connectivity index (χ0) is 16.9. The van der Waals surface area contributed by atoms with E-state index in [1.807, 2.05) is 30.5 Å². The van der Waals surface area contributed by atoms with E-state index in [0.717, 1.165) is 34.7 Å². The lowest BCUT2D eigenvalue weighted by molar-refractivity contribution is 0.573. The molecule has 4 heterocycles. The largest absolute Gasteiger partial charge is 0.357 e. The topological polar surface area (TPSA) is 66.8 Å². The molecule has 6 nitrogen and oxygen atoms in total. The molecular formula is C18H20N6S. The van der Waals surface area contributed by atoms with E-state index in [0.29, 0.717) is 6.54 Å². The van der Waals surface area contributed by atoms with Crippen molar-refractivity contribution in [2.75, 3.05) is 23.3 Å². The maximum Gasteiger partial charge on any atom is 0.206 e. The predicted octanol–water partition coefficient (Wildman–Crippen LogP) is 3.60. The van der Waals surface area contributed by atoms with Gasteiger partial charge in [0.25, 0.3) is 0 Å². The molecule has 0 saturated carbocycles. The average molecular weight is 352 g/mol. The van der Waals surface area contributed by atoms with Crippen molar-refractivity contribution in [3.8, 4) is 10.7 Å². The Morgan fingerprint density at radius 2 is 1.92 bits per heavy atom. The molecule has 0 atom stereocenters. The highest BCUT2D eigenvalue weighted by Crippen LogP contribution is 2.25. The normalized spacial score (nSPS) is 14.5. The van der Waals surface area contributed by atoms with Crippen LogP contribution in [-0.4, -0.2) is 33.3 Å². The van der Waals surface area contributed by atoms with Gasteiger partial charge in [-0.3, -0.25) is 4.98 Å². The number of aromatic nitrogens is 4. The van der Waals surface area contributed by atoms with Crippen LogP contribution in [0.4, 0.5) is 10.9 Å². The average Bonchev–Trinajstić information content (AvgIpc) is 3.17. The quantitative estimate of drug-likeness (QED) is 0.757. The van der Waals surface area contributed by atoms with E-state index in [9.17, 15) is 0 Å². The Kier molecular flexibility index (Phi) is 4.83. The number of nitrogens with one attached hydrogen (secondary N) is 1. The molecule has 0 aromatic carbocycles. The van der Waals surface area contributed by atoms with Gasteiger partial charge in [0.05, 0.1) is 0 Å². The Balaban J connectivity index is 1.41. The zero-order valence-corrected chi connectivity index (χ0v) is 14.7. The van der Waals surface area contributed by atoms with Gasteiger partial charge >= 0.3 is 0 Å². The first-order chi connectivity index (χ1) is 12.4. The second kappa shape index (κ2) is 7.57. The molecule has 1 fully saturated rings. The van der Waals surface area contributed by atoms with Gasteiger partial charge in [0.1, 0.15) is 11.5 Å². The molecule has 1 N–H and O–H groups in total. The van der Waals surface area contributed by atoms with Crippen molar-refractivity contribution in [2.45, 2.75) is 25.8 Å². The summed E-state index contributed by atoms with van der Waals surface area (Å²) >= 11 is 1.52. The van der Waals surface area contributed by atoms with Crippen molar-refractivity contribution >= 4 is 22.3 Å². The fourth-order valence-corrected chi connectivity index (χ4v) is 3.65. The Hall–Kier alpha value is -2.54. The van der Waals surface area contributed by atoms with Gasteiger partial charge in [-0.05, 0) is 49.1 Å². The molecule has 7 heteroatoms. The third-order valence-corrected chi connectivity index (χ3v) is 5.15. The molecule has 3 aromatic heterocycles. The lowest BCUT2D eigenvalue weighted by Crippen LogP contribution is -2.30. The highest BCUT2D eigenvalue weighted by atomic mass is 32.1. The minimum atomic E-state index is 0.709. The Labute approximate surface area is 151 Å². The van der Waals surface area contributed by atoms with E-state index in [1.54, 1.807) is 6.20 Å². The molecule has 128 valence electrons. The molecule has 1 saturated heterocycles. The summed E-state index contributed by atoms with van der Waals surface area (Å²) in [6.45, 7) is 2.92. The van der Waals surface area contributed by atoms with E-state index in [2.05, 4.69) is 36.4 Å². The number of piperidine rings is 1. The van der Waals surface area contributed by atoms with Crippen LogP contribution in [0.25, 0.3) is 10.7 Å². The van der Waals surface area contributed by atoms with E-state index >= 15 is 0 Å². The maximum absolute atomic E-state index is 4.53. The van der Waals surface area contributed by atoms with Crippen LogP contribution in [0.2, 0.25) is 0 Å². The Bertz CT molecular complexity index is 813. The molecule has 0 unspecified atom stereocenters. The Morgan fingerprint density at radius 3 is 2.76 bits per heavy atom. The smallest absolute Gasteiger partial charge is 0.206 e. The van der Waals surface area contributed by atoms with Crippen molar-refractivity contribution in [2.24, 2.45) is 0 Å². The molecule has 25 heavy (non-hydrogen) atoms. The van der Waals surface area contributed by atoms with Gasteiger partial charge in [0.2, 0.25) is 5.13 Å². The van der Waals surface area contributed by atoms with Crippen molar-refractivity contribution < 1.29 is 0 Å². The van der Waals surface area contributed by atoms with Crippen LogP contribution in [0, 0.1) is 0 Å². The van der Waals surface area contributed by atoms with E-state index in [4.69, 9.17) is 0 Å². The summed E-state index contributed by atoms with van der Waals surface area (Å²) in [6, 6.07) is 10.0. The molecule has 0 amide bonds. The van der Waals surface area contributed by atoms with Gasteiger partial charge < -0.3 is 10.2 Å². The lowest BCUT2D eigenvalue weighted by atomic mass is 10.1. The highest BCUT2D eigenvalue weighted by Gasteiger charge is 2.12. The lowest BCUT2D eigenvalue weighted by Gasteiger charge is -2.27. The van der Waals surface area contributed by atoms with Crippen molar-refractivity contribution in [1.29, 1.82) is 0 Å². The summed E-state index contributed by atoms with van der Waals surface area (Å²) in [6.07, 6.45) is 7.49. The molecule has 1 aliphatic rings. The zero-order valence-electron chi connectivity index (χ0n) is 13.9. The number of hydrogen-bond acceptors (Lipinski definition) is 7. The number of anilines is 2. The van der Waals surface area contributed by atoms with Crippen LogP contribution >= 0.6 is 11.3 Å². The van der Waals surface area contributed by atoms with Gasteiger partial charge in [-0.25, -0.2) is 4.98 Å². The van der Waals surface area contributed by atoms with E-state index in [-0.39, 0.29) is 0 Å². The van der Waals surface area contributed by atoms with Crippen LogP contribution in [0.3, 0.4) is 0 Å². The van der Waals surface area contributed by atoms with Crippen molar-refractivity contribution in [3.63, 3.8) is 0 Å². The first-order valence-electron chi connectivity index (χ1n) is 8.57. The summed E-state index contributed by atoms with van der Waals surface area (Å²) in [5, 5.41) is 13.4. The summed E-state index contributed by atoms with van der Waals surface area (Å²) in [5.41, 5.74) is 2.05. The third kappa shape index (κ3) is 3.93. The van der Waals surface area contributed by atoms with Gasteiger partial charge in [-0.15, -0.1) is 10.2 Å². The second-order valence-electron chi connectivity index (χ2n) is 6.05. The van der Waals surface area contributed by atoms with Crippen LogP contribution < -0.4 is 10.2 Å². The molecule has 0 radical (unpaired) electrons. The van der Waals surface area contributed by atoms with Crippen molar-refractivity contribution in [3.05, 3.63) is 48.3 Å². The molecule has 0 spiro atoms. The first kappa shape index (κ1) is 16.0. The van der Waals surface area contributed by atoms with Gasteiger partial charge in [0, 0.05) is 32.0 Å². The fraction of sp³-hybridized carbons (Fsp3) is 0.333. The van der Waals surface area contributed by atoms with E-state index < -0.39 is 0 Å². The molecule has 0 aliphatic carbocycles. The molecule has 0 bridgehead atoms. The molecular weight excluding hydrogens is 332 g/mol. The third-order valence-electron chi connectivity index (χ3n) is 4.24. The monoisotopic (exact) mass is 352 g/mol. The van der Waals surface area contributed by atoms with Gasteiger partial charge in [-0.1, -0.05) is 17.4 Å². The summed E-state index contributed by atoms with van der Waals surface area (Å²) < 4.78 is 0. The van der Waals surface area contributed by atoms with Crippen LogP contribution in [0.15, 0.2) is 42.7 Å². The minimum Gasteiger partial charge on any atom is -0.357 e. The SMILES string of the molecule is c1ccc(-c2nnc(NCc3ccnc(N4CCCCC4)c3)s2)nc1. The fourth-order valence-electron chi connectivity index (χ4n) is 2.93. The predicted molar refractivity (Wildman–Crippen MR) is 101 cm³/mol. The van der Waals surface area contributed by atoms with Gasteiger partial charge in [0.15, 0.2) is 5.01 Å². The summed E-state index contributed by atoms with van der Waals surface area (Å²) in [4.78, 5) is 11.2. The Morgan fingerprint density at radius 1 is 1.00 bits per heavy atom. The van der Waals surface area contributed by atoms with Crippen LogP contribution in [-0.2, 0) is 6.54 Å². The number of rotatable bonds is 5. The van der Waals surface area contributed by atoms with E-state index in [1.165, 1.54) is 36.2 Å². The first-order valence-corrected chi connectivity index (χ1v) is 9.39. The van der Waals surface area contributed by atoms with Crippen LogP contribution in [0.1, 0.15) is 24.8 Å². The molecule has 3 aromatic rings.